The topological polar surface area (TPSA) is 47.9 Å². The first kappa shape index (κ1) is 18.5. The zero-order valence-corrected chi connectivity index (χ0v) is 12.9. The van der Waals surface area contributed by atoms with Crippen molar-refractivity contribution in [2.45, 2.75) is 52.7 Å². The molecule has 0 aromatic heterocycles. The van der Waals surface area contributed by atoms with Crippen molar-refractivity contribution in [1.82, 2.24) is 0 Å². The van der Waals surface area contributed by atoms with Crippen LogP contribution in [0.4, 0.5) is 0 Å². The van der Waals surface area contributed by atoms with Gasteiger partial charge in [0.05, 0.1) is 0 Å². The molecule has 1 radical (unpaired) electrons. The predicted octanol–water partition coefficient (Wildman–Crippen LogP) is 3.03. The summed E-state index contributed by atoms with van der Waals surface area (Å²) >= 11 is 3.19. The fourth-order valence-electron chi connectivity index (χ4n) is 2.03. The fraction of sp³-hybridized carbons (Fsp3) is 0.769. The first-order valence-corrected chi connectivity index (χ1v) is 6.99. The van der Waals surface area contributed by atoms with E-state index in [2.05, 4.69) is 24.8 Å². The van der Waals surface area contributed by atoms with E-state index in [0.717, 1.165) is 24.8 Å². The van der Waals surface area contributed by atoms with Crippen LogP contribution in [0.2, 0.25) is 0 Å². The molecular formula is C13H23BNO3S. The van der Waals surface area contributed by atoms with Crippen molar-refractivity contribution in [3.05, 3.63) is 11.1 Å². The Morgan fingerprint density at radius 2 is 1.84 bits per heavy atom. The van der Waals surface area contributed by atoms with Gasteiger partial charge in [-0.1, -0.05) is 5.57 Å². The van der Waals surface area contributed by atoms with Crippen molar-refractivity contribution in [1.29, 1.82) is 0 Å². The molecule has 1 aliphatic carbocycles. The minimum atomic E-state index is -0.119. The number of hydrogen-bond acceptors (Lipinski definition) is 5. The van der Waals surface area contributed by atoms with Gasteiger partial charge in [0.1, 0.15) is 0 Å². The molecule has 1 rings (SSSR count). The number of nitrogens with zero attached hydrogens (tertiary/aromatic N) is 1. The maximum absolute atomic E-state index is 11.4. The summed E-state index contributed by atoms with van der Waals surface area (Å²) in [6.45, 7) is 7.20. The number of thiol groups is 1. The van der Waals surface area contributed by atoms with Gasteiger partial charge in [0, 0.05) is 26.1 Å². The van der Waals surface area contributed by atoms with E-state index >= 15 is 0 Å². The van der Waals surface area contributed by atoms with Crippen LogP contribution in [-0.2, 0) is 14.3 Å². The van der Waals surface area contributed by atoms with Gasteiger partial charge in [0.15, 0.2) is 12.1 Å². The Hall–Kier alpha value is -0.455. The van der Waals surface area contributed by atoms with Crippen molar-refractivity contribution in [2.75, 3.05) is 13.2 Å². The van der Waals surface area contributed by atoms with Crippen LogP contribution in [0.5, 0.6) is 0 Å². The third-order valence-electron chi connectivity index (χ3n) is 2.99. The zero-order valence-electron chi connectivity index (χ0n) is 12.0. The third kappa shape index (κ3) is 7.65. The summed E-state index contributed by atoms with van der Waals surface area (Å²) in [7, 11) is 4.34. The number of hydrogen-bond donors (Lipinski definition) is 1. The van der Waals surface area contributed by atoms with Crippen LogP contribution in [0.1, 0.15) is 46.5 Å². The molecular weight excluding hydrogens is 261 g/mol. The molecule has 0 aliphatic heterocycles. The van der Waals surface area contributed by atoms with Crippen molar-refractivity contribution < 1.29 is 14.3 Å². The molecule has 4 nitrogen and oxygen atoms in total. The second kappa shape index (κ2) is 11.4. The van der Waals surface area contributed by atoms with Crippen molar-refractivity contribution >= 4 is 26.2 Å². The van der Waals surface area contributed by atoms with E-state index in [4.69, 9.17) is 9.47 Å². The van der Waals surface area contributed by atoms with Crippen LogP contribution in [0.15, 0.2) is 15.4 Å². The van der Waals surface area contributed by atoms with Crippen LogP contribution in [-0.4, -0.2) is 32.9 Å². The van der Waals surface area contributed by atoms with E-state index in [0.29, 0.717) is 25.4 Å². The molecule has 6 heteroatoms. The summed E-state index contributed by atoms with van der Waals surface area (Å²) in [5.41, 5.74) is 2.25. The van der Waals surface area contributed by atoms with Gasteiger partial charge in [-0.2, -0.15) is 0 Å². The molecule has 0 spiro atoms. The summed E-state index contributed by atoms with van der Waals surface area (Å²) < 4.78 is 13.6. The van der Waals surface area contributed by atoms with E-state index in [1.54, 1.807) is 0 Å². The van der Waals surface area contributed by atoms with Gasteiger partial charge < -0.3 is 9.47 Å². The number of rotatable bonds is 7. The average molecular weight is 284 g/mol. The number of carbonyl (C=O) groups excluding carboxylic acids is 1. The van der Waals surface area contributed by atoms with Gasteiger partial charge in [-0.25, -0.2) is 0 Å². The van der Waals surface area contributed by atoms with E-state index in [9.17, 15) is 4.79 Å². The van der Waals surface area contributed by atoms with Gasteiger partial charge in [-0.3, -0.25) is 4.79 Å². The Kier molecular flexibility index (Phi) is 11.1. The second-order valence-electron chi connectivity index (χ2n) is 4.15. The monoisotopic (exact) mass is 284 g/mol. The van der Waals surface area contributed by atoms with Gasteiger partial charge in [-0.15, -0.1) is 0 Å². The number of ether oxygens (including phenoxy) is 2. The molecule has 0 atom stereocenters. The van der Waals surface area contributed by atoms with E-state index in [1.807, 2.05) is 20.8 Å². The molecule has 0 aromatic rings. The van der Waals surface area contributed by atoms with E-state index in [-0.39, 0.29) is 6.29 Å². The van der Waals surface area contributed by atoms with Crippen LogP contribution < -0.4 is 0 Å². The van der Waals surface area contributed by atoms with Gasteiger partial charge in [-0.05, 0) is 39.2 Å². The average Bonchev–Trinajstić information content (AvgIpc) is 2.69. The number of Topliss-reactive ketones (excluding diaryl/α,β-unsaturated/α-hetero) is 1. The van der Waals surface area contributed by atoms with Crippen LogP contribution in [0, 0.1) is 0 Å². The standard InChI is InChI=1S/C13H22O3.BHNS/c1-4-15-13(16-5-2)9-7-11-6-8-12(14)10(11)3;1-2-3/h13H,4-9H2,1-3H3;3H. The van der Waals surface area contributed by atoms with E-state index in [1.165, 1.54) is 5.57 Å². The molecule has 1 aliphatic rings. The summed E-state index contributed by atoms with van der Waals surface area (Å²) in [5.74, 6) is 0.305. The predicted molar refractivity (Wildman–Crippen MR) is 80.4 cm³/mol. The van der Waals surface area contributed by atoms with Crippen molar-refractivity contribution in [3.8, 4) is 0 Å². The SMILES string of the molecule is CCOC(CCC1=C(C)C(=O)CC1)OCC.[B]=NS. The quantitative estimate of drug-likeness (QED) is 0.444. The van der Waals surface area contributed by atoms with Gasteiger partial charge in [0.2, 0.25) is 0 Å². The van der Waals surface area contributed by atoms with Crippen molar-refractivity contribution in [3.63, 3.8) is 0 Å². The molecule has 0 saturated heterocycles. The zero-order chi connectivity index (χ0) is 14.7. The normalized spacial score (nSPS) is 14.6. The van der Waals surface area contributed by atoms with Gasteiger partial charge in [0.25, 0.3) is 0 Å². The summed E-state index contributed by atoms with van der Waals surface area (Å²) in [6.07, 6.45) is 3.26. The van der Waals surface area contributed by atoms with Crippen LogP contribution in [0.3, 0.4) is 0 Å². The molecule has 19 heavy (non-hydrogen) atoms. The Morgan fingerprint density at radius 3 is 2.21 bits per heavy atom. The van der Waals surface area contributed by atoms with Crippen LogP contribution >= 0.6 is 12.8 Å². The number of ketones is 1. The fourth-order valence-corrected chi connectivity index (χ4v) is 2.03. The number of carbonyl (C=O) groups is 1. The summed E-state index contributed by atoms with van der Waals surface area (Å²) in [4.78, 5) is 11.4. The first-order valence-electron chi connectivity index (χ1n) is 6.59. The first-order chi connectivity index (χ1) is 9.10. The number of allylic oxidation sites excluding steroid dienone is 2. The molecule has 0 bridgehead atoms. The molecule has 0 heterocycles. The molecule has 0 unspecified atom stereocenters. The minimum absolute atomic E-state index is 0.119. The van der Waals surface area contributed by atoms with Gasteiger partial charge >= 0.3 is 24.8 Å². The molecule has 0 N–H and O–H groups in total. The Bertz CT molecular complexity index is 315. The Morgan fingerprint density at radius 1 is 1.32 bits per heavy atom. The Labute approximate surface area is 122 Å². The second-order valence-corrected chi connectivity index (χ2v) is 4.38. The molecule has 0 amide bonds. The molecule has 0 saturated carbocycles. The molecule has 107 valence electrons. The van der Waals surface area contributed by atoms with Crippen molar-refractivity contribution in [2.24, 2.45) is 4.30 Å². The maximum atomic E-state index is 11.4. The van der Waals surface area contributed by atoms with Crippen LogP contribution in [0.25, 0.3) is 0 Å². The summed E-state index contributed by atoms with van der Waals surface area (Å²) in [5, 5.41) is 0. The summed E-state index contributed by atoms with van der Waals surface area (Å²) in [6, 6.07) is 0. The van der Waals surface area contributed by atoms with E-state index < -0.39 is 0 Å². The third-order valence-corrected chi connectivity index (χ3v) is 2.99. The molecule has 0 fully saturated rings. The molecule has 0 aromatic carbocycles. The Balaban J connectivity index is 0.000000982.